The van der Waals surface area contributed by atoms with Crippen molar-refractivity contribution in [1.82, 2.24) is 0 Å². The number of ether oxygens (including phenoxy) is 1. The van der Waals surface area contributed by atoms with Crippen LogP contribution in [0.4, 0.5) is 0 Å². The van der Waals surface area contributed by atoms with Crippen LogP contribution < -0.4 is 0 Å². The first-order chi connectivity index (χ1) is 7.29. The van der Waals surface area contributed by atoms with Crippen LogP contribution in [0.3, 0.4) is 0 Å². The Hall–Kier alpha value is -0.370. The van der Waals surface area contributed by atoms with Crippen LogP contribution in [-0.4, -0.2) is 18.5 Å². The Kier molecular flexibility index (Phi) is 3.79. The predicted molar refractivity (Wildman–Crippen MR) is 59.7 cm³/mol. The third kappa shape index (κ3) is 2.81. The molecule has 0 heterocycles. The summed E-state index contributed by atoms with van der Waals surface area (Å²) in [5.41, 5.74) is 0. The lowest BCUT2D eigenvalue weighted by atomic mass is 9.77. The molecule has 2 nitrogen and oxygen atoms in total. The number of ketones is 1. The fraction of sp³-hybridized carbons (Fsp3) is 0.923. The number of hydrogen-bond acceptors (Lipinski definition) is 2. The Morgan fingerprint density at radius 2 is 1.93 bits per heavy atom. The largest absolute Gasteiger partial charge is 0.378 e. The first kappa shape index (κ1) is 11.1. The van der Waals surface area contributed by atoms with Crippen LogP contribution in [-0.2, 0) is 9.53 Å². The SMILES string of the molecule is CCOC1CC(CC(=O)C2CCCC2)C1. The van der Waals surface area contributed by atoms with E-state index < -0.39 is 0 Å². The van der Waals surface area contributed by atoms with Crippen molar-refractivity contribution in [3.8, 4) is 0 Å². The lowest BCUT2D eigenvalue weighted by molar-refractivity contribution is -0.125. The van der Waals surface area contributed by atoms with E-state index in [1.807, 2.05) is 6.92 Å². The molecule has 2 saturated carbocycles. The van der Waals surface area contributed by atoms with Crippen molar-refractivity contribution in [2.45, 2.75) is 58.0 Å². The van der Waals surface area contributed by atoms with E-state index in [0.29, 0.717) is 23.7 Å². The molecule has 2 heteroatoms. The molecule has 0 aromatic heterocycles. The maximum Gasteiger partial charge on any atom is 0.136 e. The minimum absolute atomic E-state index is 0.413. The minimum Gasteiger partial charge on any atom is -0.378 e. The van der Waals surface area contributed by atoms with Gasteiger partial charge in [0.05, 0.1) is 6.10 Å². The van der Waals surface area contributed by atoms with Crippen LogP contribution >= 0.6 is 0 Å². The highest BCUT2D eigenvalue weighted by Gasteiger charge is 2.33. The van der Waals surface area contributed by atoms with Crippen molar-refractivity contribution in [2.75, 3.05) is 6.61 Å². The van der Waals surface area contributed by atoms with Gasteiger partial charge in [-0.2, -0.15) is 0 Å². The number of carbonyl (C=O) groups excluding carboxylic acids is 1. The molecule has 0 atom stereocenters. The van der Waals surface area contributed by atoms with E-state index in [1.54, 1.807) is 0 Å². The zero-order valence-corrected chi connectivity index (χ0v) is 9.71. The lowest BCUT2D eigenvalue weighted by Crippen LogP contribution is -2.33. The summed E-state index contributed by atoms with van der Waals surface area (Å²) in [6.45, 7) is 2.85. The van der Waals surface area contributed by atoms with Crippen LogP contribution in [0.25, 0.3) is 0 Å². The molecule has 15 heavy (non-hydrogen) atoms. The first-order valence-electron chi connectivity index (χ1n) is 6.44. The lowest BCUT2D eigenvalue weighted by Gasteiger charge is -2.35. The fourth-order valence-corrected chi connectivity index (χ4v) is 2.91. The standard InChI is InChI=1S/C13H22O2/c1-2-15-12-7-10(8-12)9-13(14)11-5-3-4-6-11/h10-12H,2-9H2,1H3. The van der Waals surface area contributed by atoms with Gasteiger partial charge in [-0.05, 0) is 38.5 Å². The summed E-state index contributed by atoms with van der Waals surface area (Å²) in [6.07, 6.45) is 8.36. The predicted octanol–water partition coefficient (Wildman–Crippen LogP) is 2.95. The van der Waals surface area contributed by atoms with Crippen LogP contribution in [0.1, 0.15) is 51.9 Å². The third-order valence-electron chi connectivity index (χ3n) is 3.90. The summed E-state index contributed by atoms with van der Waals surface area (Å²) in [7, 11) is 0. The first-order valence-corrected chi connectivity index (χ1v) is 6.44. The topological polar surface area (TPSA) is 26.3 Å². The molecule has 0 unspecified atom stereocenters. The number of carbonyl (C=O) groups is 1. The quantitative estimate of drug-likeness (QED) is 0.697. The Balaban J connectivity index is 1.64. The maximum absolute atomic E-state index is 11.9. The zero-order chi connectivity index (χ0) is 10.7. The summed E-state index contributed by atoms with van der Waals surface area (Å²) in [6, 6.07) is 0. The number of Topliss-reactive ketones (excluding diaryl/α,β-unsaturated/α-hetero) is 1. The van der Waals surface area contributed by atoms with Gasteiger partial charge < -0.3 is 4.74 Å². The van der Waals surface area contributed by atoms with E-state index in [-0.39, 0.29) is 0 Å². The molecule has 2 fully saturated rings. The number of hydrogen-bond donors (Lipinski definition) is 0. The fourth-order valence-electron chi connectivity index (χ4n) is 2.91. The Morgan fingerprint density at radius 3 is 2.53 bits per heavy atom. The third-order valence-corrected chi connectivity index (χ3v) is 3.90. The molecular weight excluding hydrogens is 188 g/mol. The highest BCUT2D eigenvalue weighted by molar-refractivity contribution is 5.81. The zero-order valence-electron chi connectivity index (χ0n) is 9.71. The van der Waals surface area contributed by atoms with Gasteiger partial charge in [0.2, 0.25) is 0 Å². The van der Waals surface area contributed by atoms with Gasteiger partial charge in [0.25, 0.3) is 0 Å². The molecule has 0 amide bonds. The normalized spacial score (nSPS) is 31.5. The maximum atomic E-state index is 11.9. The summed E-state index contributed by atoms with van der Waals surface area (Å²) < 4.78 is 5.50. The summed E-state index contributed by atoms with van der Waals surface area (Å²) in [5.74, 6) is 1.58. The van der Waals surface area contributed by atoms with Crippen molar-refractivity contribution in [3.05, 3.63) is 0 Å². The van der Waals surface area contributed by atoms with Gasteiger partial charge in [-0.15, -0.1) is 0 Å². The Labute approximate surface area is 92.4 Å². The van der Waals surface area contributed by atoms with Crippen molar-refractivity contribution in [3.63, 3.8) is 0 Å². The van der Waals surface area contributed by atoms with Crippen LogP contribution in [0.5, 0.6) is 0 Å². The minimum atomic E-state index is 0.413. The van der Waals surface area contributed by atoms with Gasteiger partial charge in [-0.1, -0.05) is 12.8 Å². The molecule has 0 aromatic rings. The van der Waals surface area contributed by atoms with Crippen LogP contribution in [0, 0.1) is 11.8 Å². The molecule has 0 radical (unpaired) electrons. The van der Waals surface area contributed by atoms with Gasteiger partial charge in [0.15, 0.2) is 0 Å². The second-order valence-corrected chi connectivity index (χ2v) is 5.07. The summed E-state index contributed by atoms with van der Waals surface area (Å²) in [4.78, 5) is 11.9. The molecule has 0 bridgehead atoms. The average Bonchev–Trinajstić information content (AvgIpc) is 2.67. The smallest absolute Gasteiger partial charge is 0.136 e. The molecule has 0 aliphatic heterocycles. The van der Waals surface area contributed by atoms with E-state index in [1.165, 1.54) is 12.8 Å². The van der Waals surface area contributed by atoms with Crippen LogP contribution in [0.15, 0.2) is 0 Å². The Morgan fingerprint density at radius 1 is 1.27 bits per heavy atom. The second kappa shape index (κ2) is 5.11. The molecule has 0 saturated heterocycles. The van der Waals surface area contributed by atoms with E-state index in [4.69, 9.17) is 4.74 Å². The molecule has 0 aromatic carbocycles. The summed E-state index contributed by atoms with van der Waals surface area (Å²) >= 11 is 0. The highest BCUT2D eigenvalue weighted by atomic mass is 16.5. The van der Waals surface area contributed by atoms with Crippen molar-refractivity contribution < 1.29 is 9.53 Å². The van der Waals surface area contributed by atoms with Crippen molar-refractivity contribution in [2.24, 2.45) is 11.8 Å². The van der Waals surface area contributed by atoms with Crippen molar-refractivity contribution in [1.29, 1.82) is 0 Å². The van der Waals surface area contributed by atoms with E-state index in [9.17, 15) is 4.79 Å². The van der Waals surface area contributed by atoms with Crippen LogP contribution in [0.2, 0.25) is 0 Å². The monoisotopic (exact) mass is 210 g/mol. The molecule has 0 spiro atoms. The van der Waals surface area contributed by atoms with Gasteiger partial charge in [-0.25, -0.2) is 0 Å². The molecule has 2 aliphatic rings. The second-order valence-electron chi connectivity index (χ2n) is 5.07. The van der Waals surface area contributed by atoms with Gasteiger partial charge >= 0.3 is 0 Å². The van der Waals surface area contributed by atoms with Gasteiger partial charge in [0, 0.05) is 18.9 Å². The molecule has 86 valence electrons. The molecule has 2 aliphatic carbocycles. The van der Waals surface area contributed by atoms with Crippen molar-refractivity contribution >= 4 is 5.78 Å². The van der Waals surface area contributed by atoms with E-state index in [0.717, 1.165) is 38.7 Å². The van der Waals surface area contributed by atoms with E-state index in [2.05, 4.69) is 0 Å². The molecule has 0 N–H and O–H groups in total. The average molecular weight is 210 g/mol. The summed E-state index contributed by atoms with van der Waals surface area (Å²) in [5, 5.41) is 0. The molecular formula is C13H22O2. The number of rotatable bonds is 5. The highest BCUT2D eigenvalue weighted by Crippen LogP contribution is 2.35. The Bertz CT molecular complexity index is 213. The van der Waals surface area contributed by atoms with Gasteiger partial charge in [0.1, 0.15) is 5.78 Å². The van der Waals surface area contributed by atoms with E-state index >= 15 is 0 Å². The van der Waals surface area contributed by atoms with Gasteiger partial charge in [-0.3, -0.25) is 4.79 Å². The molecule has 2 rings (SSSR count).